The number of phosphoric ester groups is 1. The fourth-order valence-corrected chi connectivity index (χ4v) is 9.94. The minimum Gasteiger partial charge on any atom is -0.756 e. The molecule has 0 fully saturated rings. The zero-order valence-electron chi connectivity index (χ0n) is 49.6. The topological polar surface area (TPSA) is 111 Å². The summed E-state index contributed by atoms with van der Waals surface area (Å²) in [6.45, 7) is 4.28. The van der Waals surface area contributed by atoms with Crippen LogP contribution in [0.1, 0.15) is 309 Å². The fraction of sp³-hybridized carbons (Fsp3) is 0.875. The summed E-state index contributed by atoms with van der Waals surface area (Å²) in [7, 11) is 1.18. The van der Waals surface area contributed by atoms with Gasteiger partial charge in [0.25, 0.3) is 7.82 Å². The van der Waals surface area contributed by atoms with Crippen molar-refractivity contribution in [3.05, 3.63) is 36.5 Å². The van der Waals surface area contributed by atoms with Crippen LogP contribution in [-0.4, -0.2) is 70.0 Å². The van der Waals surface area contributed by atoms with E-state index in [1.54, 1.807) is 0 Å². The van der Waals surface area contributed by atoms with Crippen LogP contribution in [0.5, 0.6) is 0 Å². The van der Waals surface area contributed by atoms with Crippen LogP contribution in [-0.2, 0) is 32.7 Å². The van der Waals surface area contributed by atoms with E-state index < -0.39 is 26.5 Å². The summed E-state index contributed by atoms with van der Waals surface area (Å²) in [6, 6.07) is 0. The van der Waals surface area contributed by atoms with Gasteiger partial charge in [-0.2, -0.15) is 0 Å². The van der Waals surface area contributed by atoms with Gasteiger partial charge in [-0.05, 0) is 70.6 Å². The second-order valence-corrected chi connectivity index (χ2v) is 24.2. The third-order valence-corrected chi connectivity index (χ3v) is 15.1. The first-order valence-corrected chi connectivity index (χ1v) is 33.2. The number of phosphoric acid groups is 1. The highest BCUT2D eigenvalue weighted by Gasteiger charge is 2.22. The van der Waals surface area contributed by atoms with Crippen LogP contribution < -0.4 is 4.89 Å². The van der Waals surface area contributed by atoms with Gasteiger partial charge in [0.15, 0.2) is 6.10 Å². The molecule has 9 nitrogen and oxygen atoms in total. The standard InChI is InChI=1S/C64H122NO8P/c1-6-8-10-12-14-16-18-20-22-24-26-28-29-30-31-32-33-34-35-37-39-41-43-45-47-49-51-53-55-57-64(67)73-62(61-72-74(68,69)71-59-58-65(3,4)5)60-70-63(66)56-54-52-50-48-46-44-42-40-38-36-27-25-23-21-19-17-15-13-11-9-7-2/h18,20,24-27,62H,6-17,19,21-23,28-61H2,1-5H3/b20-18-,26-24-,27-25-. The van der Waals surface area contributed by atoms with E-state index in [9.17, 15) is 19.0 Å². The van der Waals surface area contributed by atoms with Crippen molar-refractivity contribution in [2.75, 3.05) is 47.5 Å². The minimum absolute atomic E-state index is 0.0293. The number of nitrogens with zero attached hydrogens (tertiary/aromatic N) is 1. The lowest BCUT2D eigenvalue weighted by Gasteiger charge is -2.28. The van der Waals surface area contributed by atoms with Gasteiger partial charge in [-0.25, -0.2) is 0 Å². The van der Waals surface area contributed by atoms with Crippen LogP contribution in [0.25, 0.3) is 0 Å². The molecule has 0 aromatic heterocycles. The Morgan fingerprint density at radius 1 is 0.419 bits per heavy atom. The molecule has 2 atom stereocenters. The van der Waals surface area contributed by atoms with Gasteiger partial charge in [0.2, 0.25) is 0 Å². The van der Waals surface area contributed by atoms with E-state index in [-0.39, 0.29) is 32.0 Å². The Labute approximate surface area is 459 Å². The van der Waals surface area contributed by atoms with Crippen molar-refractivity contribution in [3.63, 3.8) is 0 Å². The predicted molar refractivity (Wildman–Crippen MR) is 314 cm³/mol. The second kappa shape index (κ2) is 56.0. The van der Waals surface area contributed by atoms with Crippen LogP contribution in [0, 0.1) is 0 Å². The fourth-order valence-electron chi connectivity index (χ4n) is 9.21. The highest BCUT2D eigenvalue weighted by Crippen LogP contribution is 2.38. The predicted octanol–water partition coefficient (Wildman–Crippen LogP) is 19.3. The van der Waals surface area contributed by atoms with E-state index in [4.69, 9.17) is 18.5 Å². The molecule has 0 aromatic carbocycles. The van der Waals surface area contributed by atoms with Gasteiger partial charge in [-0.1, -0.05) is 262 Å². The number of rotatable bonds is 59. The summed E-state index contributed by atoms with van der Waals surface area (Å²) in [5, 5.41) is 0. The molecule has 2 unspecified atom stereocenters. The lowest BCUT2D eigenvalue weighted by molar-refractivity contribution is -0.870. The number of allylic oxidation sites excluding steroid dienone is 6. The van der Waals surface area contributed by atoms with Crippen LogP contribution in [0.3, 0.4) is 0 Å². The zero-order chi connectivity index (χ0) is 54.2. The maximum Gasteiger partial charge on any atom is 0.306 e. The SMILES string of the molecule is CCCCCCC/C=C\C/C=C\CCCCCCCCCCCCCCCCCCCC(=O)OC(COC(=O)CCCCCCCCCCC/C=C\CCCCCCCCCC)COP(=O)([O-])OCC[N+](C)(C)C. The second-order valence-electron chi connectivity index (χ2n) is 22.8. The molecule has 0 rings (SSSR count). The molecule has 0 aliphatic carbocycles. The van der Waals surface area contributed by atoms with E-state index in [1.165, 1.54) is 238 Å². The van der Waals surface area contributed by atoms with Gasteiger partial charge >= 0.3 is 11.9 Å². The maximum absolute atomic E-state index is 12.8. The minimum atomic E-state index is -4.64. The largest absolute Gasteiger partial charge is 0.756 e. The summed E-state index contributed by atoms with van der Waals surface area (Å²) in [4.78, 5) is 37.9. The first kappa shape index (κ1) is 72.2. The first-order chi connectivity index (χ1) is 36.0. The number of unbranched alkanes of at least 4 members (excludes halogenated alkanes) is 39. The zero-order valence-corrected chi connectivity index (χ0v) is 50.5. The van der Waals surface area contributed by atoms with E-state index in [0.717, 1.165) is 38.5 Å². The van der Waals surface area contributed by atoms with Crippen molar-refractivity contribution < 1.29 is 42.1 Å². The molecule has 0 N–H and O–H groups in total. The van der Waals surface area contributed by atoms with E-state index in [2.05, 4.69) is 50.3 Å². The van der Waals surface area contributed by atoms with Crippen molar-refractivity contribution in [2.24, 2.45) is 0 Å². The Balaban J connectivity index is 4.07. The van der Waals surface area contributed by atoms with Crippen LogP contribution >= 0.6 is 7.82 Å². The molecule has 0 heterocycles. The third kappa shape index (κ3) is 59.5. The molecule has 436 valence electrons. The maximum atomic E-state index is 12.8. The average molecular weight is 1060 g/mol. The molecule has 0 bridgehead atoms. The van der Waals surface area contributed by atoms with E-state index in [1.807, 2.05) is 21.1 Å². The van der Waals surface area contributed by atoms with Crippen LogP contribution in [0.4, 0.5) is 0 Å². The van der Waals surface area contributed by atoms with Crippen molar-refractivity contribution in [2.45, 2.75) is 315 Å². The molecule has 0 saturated heterocycles. The highest BCUT2D eigenvalue weighted by molar-refractivity contribution is 7.45. The number of likely N-dealkylation sites (N-methyl/N-ethyl adjacent to an activating group) is 1. The molecule has 10 heteroatoms. The Hall–Kier alpha value is -1.77. The number of hydrogen-bond donors (Lipinski definition) is 0. The molecule has 74 heavy (non-hydrogen) atoms. The monoisotopic (exact) mass is 1060 g/mol. The molecule has 0 aliphatic rings. The van der Waals surface area contributed by atoms with Gasteiger partial charge in [-0.15, -0.1) is 0 Å². The van der Waals surface area contributed by atoms with Crippen LogP contribution in [0.2, 0.25) is 0 Å². The number of ether oxygens (including phenoxy) is 2. The summed E-state index contributed by atoms with van der Waals surface area (Å²) >= 11 is 0. The van der Waals surface area contributed by atoms with Crippen molar-refractivity contribution in [3.8, 4) is 0 Å². The van der Waals surface area contributed by atoms with Crippen LogP contribution in [0.15, 0.2) is 36.5 Å². The highest BCUT2D eigenvalue weighted by atomic mass is 31.2. The third-order valence-electron chi connectivity index (χ3n) is 14.1. The molecule has 0 amide bonds. The summed E-state index contributed by atoms with van der Waals surface area (Å²) in [6.07, 6.45) is 69.2. The molecule has 0 aliphatic heterocycles. The van der Waals surface area contributed by atoms with Gasteiger partial charge in [0.05, 0.1) is 27.7 Å². The van der Waals surface area contributed by atoms with Crippen molar-refractivity contribution >= 4 is 19.8 Å². The van der Waals surface area contributed by atoms with Gasteiger partial charge < -0.3 is 27.9 Å². The van der Waals surface area contributed by atoms with Crippen molar-refractivity contribution in [1.29, 1.82) is 0 Å². The van der Waals surface area contributed by atoms with E-state index in [0.29, 0.717) is 17.4 Å². The van der Waals surface area contributed by atoms with Gasteiger partial charge in [0, 0.05) is 12.8 Å². The number of hydrogen-bond acceptors (Lipinski definition) is 8. The lowest BCUT2D eigenvalue weighted by atomic mass is 10.0. The molecule has 0 saturated carbocycles. The number of carbonyl (C=O) groups is 2. The van der Waals surface area contributed by atoms with Gasteiger partial charge in [0.1, 0.15) is 19.8 Å². The molecule has 0 spiro atoms. The first-order valence-electron chi connectivity index (χ1n) is 31.7. The molecule has 0 radical (unpaired) electrons. The number of carbonyl (C=O) groups excluding carboxylic acids is 2. The number of esters is 2. The smallest absolute Gasteiger partial charge is 0.306 e. The summed E-state index contributed by atoms with van der Waals surface area (Å²) < 4.78 is 34.2. The number of quaternary nitrogens is 1. The van der Waals surface area contributed by atoms with Crippen molar-refractivity contribution in [1.82, 2.24) is 0 Å². The Bertz CT molecular complexity index is 1340. The quantitative estimate of drug-likeness (QED) is 0.0195. The Kier molecular flexibility index (Phi) is 54.6. The van der Waals surface area contributed by atoms with Gasteiger partial charge in [-0.3, -0.25) is 14.2 Å². The summed E-state index contributed by atoms with van der Waals surface area (Å²) in [5.74, 6) is -0.820. The van der Waals surface area contributed by atoms with E-state index >= 15 is 0 Å². The Morgan fingerprint density at radius 2 is 0.730 bits per heavy atom. The summed E-state index contributed by atoms with van der Waals surface area (Å²) in [5.41, 5.74) is 0. The molecular formula is C64H122NO8P. The molecular weight excluding hydrogens is 942 g/mol. The average Bonchev–Trinajstić information content (AvgIpc) is 3.36. The Morgan fingerprint density at radius 3 is 1.08 bits per heavy atom. The normalized spacial score (nSPS) is 13.4. The lowest BCUT2D eigenvalue weighted by Crippen LogP contribution is -2.37. The molecule has 0 aromatic rings.